The lowest BCUT2D eigenvalue weighted by Gasteiger charge is -2.51. The number of fused-ring (bicyclic) bond motifs is 1. The summed E-state index contributed by atoms with van der Waals surface area (Å²) in [6, 6.07) is -0.394. The molecule has 196 valence electrons. The molecule has 0 radical (unpaired) electrons. The fourth-order valence-corrected chi connectivity index (χ4v) is 5.62. The maximum atomic E-state index is 12.8. The lowest BCUT2D eigenvalue weighted by Crippen LogP contribution is -2.67. The highest BCUT2D eigenvalue weighted by molar-refractivity contribution is 8.00. The van der Waals surface area contributed by atoms with E-state index in [0.29, 0.717) is 31.0 Å². The van der Waals surface area contributed by atoms with E-state index in [0.717, 1.165) is 18.1 Å². The van der Waals surface area contributed by atoms with Gasteiger partial charge in [0.1, 0.15) is 5.70 Å². The zero-order valence-electron chi connectivity index (χ0n) is 19.0. The van der Waals surface area contributed by atoms with Crippen molar-refractivity contribution in [3.8, 4) is 0 Å². The molecule has 3 aliphatic rings. The van der Waals surface area contributed by atoms with Gasteiger partial charge in [-0.15, -0.1) is 11.8 Å². The number of carboxylic acid groups (broad SMARTS) is 1. The Morgan fingerprint density at radius 2 is 2.28 bits per heavy atom. The first-order chi connectivity index (χ1) is 17.4. The molecule has 8 N–H and O–H groups in total. The summed E-state index contributed by atoms with van der Waals surface area (Å²) < 4.78 is 16.4. The summed E-state index contributed by atoms with van der Waals surface area (Å²) in [5, 5.41) is 28.7. The first kappa shape index (κ1) is 26.0. The molecular weight excluding hydrogens is 517 g/mol. The van der Waals surface area contributed by atoms with Crippen LogP contribution in [-0.4, -0.2) is 111 Å². The van der Waals surface area contributed by atoms with Crippen molar-refractivity contribution in [2.75, 3.05) is 51.1 Å². The molecule has 4 rings (SSSR count). The molecule has 4 heterocycles. The molecule has 3 aliphatic heterocycles. The van der Waals surface area contributed by atoms with Crippen LogP contribution < -0.4 is 27.4 Å². The van der Waals surface area contributed by atoms with E-state index >= 15 is 0 Å². The van der Waals surface area contributed by atoms with Crippen LogP contribution in [0, 0.1) is 0 Å². The van der Waals surface area contributed by atoms with Crippen LogP contribution in [0.3, 0.4) is 0 Å². The molecule has 2 fully saturated rings. The molecule has 0 aliphatic carbocycles. The van der Waals surface area contributed by atoms with Crippen LogP contribution in [0.15, 0.2) is 21.5 Å². The third kappa shape index (κ3) is 5.67. The van der Waals surface area contributed by atoms with Crippen LogP contribution in [0.5, 0.6) is 0 Å². The van der Waals surface area contributed by atoms with E-state index in [2.05, 4.69) is 40.4 Å². The Hall–Kier alpha value is -3.06. The third-order valence-corrected chi connectivity index (χ3v) is 7.40. The third-order valence-electron chi connectivity index (χ3n) is 5.46. The number of carbonyl (C=O) groups is 2. The SMILES string of the molecule is NCCNC1NCCN1/N=C/C1=C(C(=O)O)N2CC(NC(=O)/C(=N/OCF)c3nsc(N)n3)C2SC1. The number of alkyl halides is 1. The van der Waals surface area contributed by atoms with Gasteiger partial charge in [-0.1, -0.05) is 5.16 Å². The number of nitrogens with one attached hydrogen (secondary N) is 3. The van der Waals surface area contributed by atoms with Crippen molar-refractivity contribution in [2.24, 2.45) is 16.0 Å². The number of hydrogen-bond donors (Lipinski definition) is 6. The fourth-order valence-electron chi connectivity index (χ4n) is 3.87. The molecule has 36 heavy (non-hydrogen) atoms. The number of rotatable bonds is 11. The van der Waals surface area contributed by atoms with Crippen LogP contribution in [0.2, 0.25) is 0 Å². The fraction of sp³-hybridized carbons (Fsp3) is 0.556. The molecule has 3 unspecified atom stereocenters. The number of halogens is 1. The number of carbonyl (C=O) groups excluding carboxylic acids is 1. The summed E-state index contributed by atoms with van der Waals surface area (Å²) in [5.74, 6) is -1.46. The molecule has 3 atom stereocenters. The van der Waals surface area contributed by atoms with Crippen molar-refractivity contribution in [1.29, 1.82) is 0 Å². The first-order valence-corrected chi connectivity index (χ1v) is 12.7. The second kappa shape index (κ2) is 11.8. The maximum absolute atomic E-state index is 12.8. The Labute approximate surface area is 213 Å². The maximum Gasteiger partial charge on any atom is 0.352 e. The summed E-state index contributed by atoms with van der Waals surface area (Å²) in [7, 11) is 0. The van der Waals surface area contributed by atoms with E-state index in [9.17, 15) is 19.1 Å². The Balaban J connectivity index is 1.43. The largest absolute Gasteiger partial charge is 0.477 e. The van der Waals surface area contributed by atoms with E-state index in [-0.39, 0.29) is 40.6 Å². The van der Waals surface area contributed by atoms with Gasteiger partial charge in [0.05, 0.1) is 24.2 Å². The smallest absolute Gasteiger partial charge is 0.352 e. The molecule has 0 aromatic carbocycles. The van der Waals surface area contributed by atoms with Crippen molar-refractivity contribution in [1.82, 2.24) is 35.2 Å². The molecule has 1 amide bonds. The van der Waals surface area contributed by atoms with E-state index in [1.807, 2.05) is 0 Å². The van der Waals surface area contributed by atoms with Gasteiger partial charge in [0.25, 0.3) is 12.8 Å². The topological polar surface area (TPSA) is 209 Å². The number of amides is 1. The molecule has 1 aromatic heterocycles. The van der Waals surface area contributed by atoms with Crippen LogP contribution >= 0.6 is 23.3 Å². The lowest BCUT2D eigenvalue weighted by atomic mass is 10.0. The predicted molar refractivity (Wildman–Crippen MR) is 132 cm³/mol. The molecule has 0 saturated carbocycles. The van der Waals surface area contributed by atoms with Crippen molar-refractivity contribution < 1.29 is 23.9 Å². The van der Waals surface area contributed by atoms with Gasteiger partial charge < -0.3 is 31.6 Å². The molecule has 2 saturated heterocycles. The number of aliphatic carboxylic acids is 1. The van der Waals surface area contributed by atoms with Gasteiger partial charge in [-0.2, -0.15) is 14.5 Å². The zero-order valence-corrected chi connectivity index (χ0v) is 20.6. The Kier molecular flexibility index (Phi) is 8.52. The highest BCUT2D eigenvalue weighted by Crippen LogP contribution is 2.39. The molecular formula is C18H26FN11O4S2. The minimum absolute atomic E-state index is 0.0868. The Morgan fingerprint density at radius 1 is 1.44 bits per heavy atom. The average molecular weight is 544 g/mol. The van der Waals surface area contributed by atoms with E-state index in [1.165, 1.54) is 11.8 Å². The lowest BCUT2D eigenvalue weighted by molar-refractivity contribution is -0.135. The Morgan fingerprint density at radius 3 is 2.97 bits per heavy atom. The highest BCUT2D eigenvalue weighted by Gasteiger charge is 2.47. The number of anilines is 1. The highest BCUT2D eigenvalue weighted by atomic mass is 32.2. The summed E-state index contributed by atoms with van der Waals surface area (Å²) in [6.45, 7) is 1.51. The van der Waals surface area contributed by atoms with Gasteiger partial charge in [-0.25, -0.2) is 9.18 Å². The van der Waals surface area contributed by atoms with Gasteiger partial charge in [0.2, 0.25) is 11.5 Å². The van der Waals surface area contributed by atoms with Crippen LogP contribution in [0.4, 0.5) is 9.52 Å². The minimum atomic E-state index is -1.24. The first-order valence-electron chi connectivity index (χ1n) is 10.9. The number of carboxylic acids is 1. The number of aromatic nitrogens is 2. The van der Waals surface area contributed by atoms with Crippen molar-refractivity contribution in [2.45, 2.75) is 17.7 Å². The predicted octanol–water partition coefficient (Wildman–Crippen LogP) is -2.30. The molecule has 0 spiro atoms. The van der Waals surface area contributed by atoms with Gasteiger partial charge >= 0.3 is 5.97 Å². The second-order valence-electron chi connectivity index (χ2n) is 7.75. The van der Waals surface area contributed by atoms with Crippen molar-refractivity contribution >= 4 is 52.2 Å². The van der Waals surface area contributed by atoms with Gasteiger partial charge in [0, 0.05) is 49.0 Å². The number of oxime groups is 1. The van der Waals surface area contributed by atoms with E-state index in [1.54, 1.807) is 16.1 Å². The average Bonchev–Trinajstić information content (AvgIpc) is 3.48. The van der Waals surface area contributed by atoms with Gasteiger partial charge in [-0.05, 0) is 0 Å². The number of hydrazone groups is 1. The second-order valence-corrected chi connectivity index (χ2v) is 9.64. The monoisotopic (exact) mass is 543 g/mol. The van der Waals surface area contributed by atoms with Gasteiger partial charge in [-0.3, -0.25) is 20.4 Å². The van der Waals surface area contributed by atoms with Crippen LogP contribution in [0.1, 0.15) is 5.82 Å². The van der Waals surface area contributed by atoms with Gasteiger partial charge in [0.15, 0.2) is 11.4 Å². The summed E-state index contributed by atoms with van der Waals surface area (Å²) in [4.78, 5) is 34.9. The normalized spacial score (nSPS) is 24.2. The molecule has 18 heteroatoms. The van der Waals surface area contributed by atoms with Crippen molar-refractivity contribution in [3.63, 3.8) is 0 Å². The number of nitrogens with two attached hydrogens (primary N) is 2. The van der Waals surface area contributed by atoms with E-state index in [4.69, 9.17) is 11.5 Å². The standard InChI is InChI=1S/C18H26FN11O4S2/c19-8-34-27-11(13-26-17(21)36-28-13)14(31)25-10-6-29-12(16(32)33)9(7-35-15(10)29)5-24-30-4-3-23-18(30)22-2-1-20/h5,10,15,18,22-23H,1-4,6-8,20H2,(H,25,31)(H,32,33)(H2,21,26,28)/b24-5+,27-11+. The number of hydrogen-bond acceptors (Lipinski definition) is 15. The quantitative estimate of drug-likeness (QED) is 0.128. The molecule has 1 aromatic rings. The molecule has 0 bridgehead atoms. The number of nitrogen functional groups attached to an aromatic ring is 1. The van der Waals surface area contributed by atoms with E-state index < -0.39 is 24.8 Å². The zero-order chi connectivity index (χ0) is 25.7. The minimum Gasteiger partial charge on any atom is -0.477 e. The number of thioether (sulfide) groups is 1. The Bertz CT molecular complexity index is 1070. The summed E-state index contributed by atoms with van der Waals surface area (Å²) in [6.07, 6.45) is 1.39. The number of nitrogens with zero attached hydrogens (tertiary/aromatic N) is 6. The van der Waals surface area contributed by atoms with Crippen LogP contribution in [0.25, 0.3) is 0 Å². The van der Waals surface area contributed by atoms with Crippen LogP contribution in [-0.2, 0) is 14.4 Å². The summed E-state index contributed by atoms with van der Waals surface area (Å²) in [5.41, 5.74) is 11.5. The van der Waals surface area contributed by atoms with Crippen molar-refractivity contribution in [3.05, 3.63) is 17.1 Å². The summed E-state index contributed by atoms with van der Waals surface area (Å²) >= 11 is 2.33. The molecule has 15 nitrogen and oxygen atoms in total.